The predicted octanol–water partition coefficient (Wildman–Crippen LogP) is 3.63. The van der Waals surface area contributed by atoms with Crippen LogP contribution >= 0.6 is 0 Å². The Kier molecular flexibility index (Phi) is 7.68. The molecule has 2 aromatic carbocycles. The van der Waals surface area contributed by atoms with Gasteiger partial charge in [0.1, 0.15) is 17.7 Å². The van der Waals surface area contributed by atoms with Gasteiger partial charge in [-0.1, -0.05) is 50.3 Å². The summed E-state index contributed by atoms with van der Waals surface area (Å²) in [5.41, 5.74) is 1.40. The van der Waals surface area contributed by atoms with Gasteiger partial charge in [-0.25, -0.2) is 21.9 Å². The van der Waals surface area contributed by atoms with E-state index in [-0.39, 0.29) is 42.3 Å². The third kappa shape index (κ3) is 6.34. The Morgan fingerprint density at radius 1 is 1.11 bits per heavy atom. The minimum Gasteiger partial charge on any atom is -0.326 e. The number of sulfonamides is 1. The molecular formula is C26H31F2N3O3S. The van der Waals surface area contributed by atoms with Crippen molar-refractivity contribution < 1.29 is 22.0 Å². The van der Waals surface area contributed by atoms with E-state index in [1.807, 2.05) is 44.2 Å². The largest absolute Gasteiger partial charge is 0.326 e. The van der Waals surface area contributed by atoms with Crippen molar-refractivity contribution in [2.24, 2.45) is 5.92 Å². The number of halogens is 2. The molecule has 1 fully saturated rings. The van der Waals surface area contributed by atoms with Gasteiger partial charge in [-0.15, -0.1) is 0 Å². The number of rotatable bonds is 10. The van der Waals surface area contributed by atoms with Crippen molar-refractivity contribution in [1.82, 2.24) is 14.9 Å². The van der Waals surface area contributed by atoms with Gasteiger partial charge in [0, 0.05) is 24.7 Å². The van der Waals surface area contributed by atoms with Gasteiger partial charge in [0.15, 0.2) is 0 Å². The topological polar surface area (TPSA) is 78.5 Å². The normalized spacial score (nSPS) is 19.2. The molecule has 6 nitrogen and oxygen atoms in total. The lowest BCUT2D eigenvalue weighted by molar-refractivity contribution is -0.134. The molecule has 4 rings (SSSR count). The Morgan fingerprint density at radius 3 is 2.49 bits per heavy atom. The Bertz CT molecular complexity index is 1200. The van der Waals surface area contributed by atoms with Crippen molar-refractivity contribution >= 4 is 21.5 Å². The average Bonchev–Trinajstić information content (AvgIpc) is 3.56. The fraction of sp³-hybridized carbons (Fsp3) is 0.423. The molecule has 1 saturated carbocycles. The molecule has 0 bridgehead atoms. The molecule has 0 radical (unpaired) electrons. The fourth-order valence-corrected chi connectivity index (χ4v) is 5.55. The quantitative estimate of drug-likeness (QED) is 0.519. The van der Waals surface area contributed by atoms with E-state index in [2.05, 4.69) is 10.0 Å². The smallest absolute Gasteiger partial charge is 0.242 e. The van der Waals surface area contributed by atoms with Crippen molar-refractivity contribution in [1.29, 1.82) is 0 Å². The molecule has 0 aromatic heterocycles. The van der Waals surface area contributed by atoms with Gasteiger partial charge in [-0.2, -0.15) is 0 Å². The molecule has 9 heteroatoms. The summed E-state index contributed by atoms with van der Waals surface area (Å²) < 4.78 is 56.6. The van der Waals surface area contributed by atoms with Crippen molar-refractivity contribution in [3.63, 3.8) is 0 Å². The first-order chi connectivity index (χ1) is 16.6. The molecule has 1 heterocycles. The van der Waals surface area contributed by atoms with Crippen LogP contribution in [0.5, 0.6) is 0 Å². The molecule has 2 N–H and O–H groups in total. The highest BCUT2D eigenvalue weighted by atomic mass is 32.2. The second kappa shape index (κ2) is 10.6. The number of amides is 1. The highest BCUT2D eigenvalue weighted by Crippen LogP contribution is 2.39. The molecular weight excluding hydrogens is 472 g/mol. The van der Waals surface area contributed by atoms with Crippen LogP contribution in [0.15, 0.2) is 54.6 Å². The number of nitrogens with zero attached hydrogens (tertiary/aromatic N) is 1. The van der Waals surface area contributed by atoms with Gasteiger partial charge in [0.2, 0.25) is 15.9 Å². The lowest BCUT2D eigenvalue weighted by Gasteiger charge is -2.30. The van der Waals surface area contributed by atoms with Crippen LogP contribution in [0.4, 0.5) is 8.78 Å². The summed E-state index contributed by atoms with van der Waals surface area (Å²) in [5.74, 6) is -1.72. The molecule has 2 aromatic rings. The Morgan fingerprint density at radius 2 is 1.83 bits per heavy atom. The number of carbonyl (C=O) groups excluding carboxylic acids is 1. The summed E-state index contributed by atoms with van der Waals surface area (Å²) in [6.07, 6.45) is 3.27. The van der Waals surface area contributed by atoms with Crippen LogP contribution < -0.4 is 10.0 Å². The minimum absolute atomic E-state index is 0.0542. The summed E-state index contributed by atoms with van der Waals surface area (Å²) in [6.45, 7) is 4.19. The van der Waals surface area contributed by atoms with Gasteiger partial charge < -0.3 is 10.2 Å². The summed E-state index contributed by atoms with van der Waals surface area (Å²) in [5, 5.41) is 3.08. The monoisotopic (exact) mass is 503 g/mol. The maximum Gasteiger partial charge on any atom is 0.242 e. The summed E-state index contributed by atoms with van der Waals surface area (Å²) in [4.78, 5) is 15.3. The molecule has 2 atom stereocenters. The maximum absolute atomic E-state index is 14.6. The minimum atomic E-state index is -3.70. The van der Waals surface area contributed by atoms with Crippen LogP contribution in [-0.4, -0.2) is 50.2 Å². The molecule has 0 saturated heterocycles. The Hall–Kier alpha value is -2.62. The van der Waals surface area contributed by atoms with Crippen molar-refractivity contribution in [3.05, 3.63) is 77.4 Å². The van der Waals surface area contributed by atoms with E-state index in [1.54, 1.807) is 11.0 Å². The van der Waals surface area contributed by atoms with Gasteiger partial charge in [-0.3, -0.25) is 4.79 Å². The maximum atomic E-state index is 14.6. The molecule has 1 aliphatic carbocycles. The van der Waals surface area contributed by atoms with E-state index in [0.29, 0.717) is 5.57 Å². The highest BCUT2D eigenvalue weighted by molar-refractivity contribution is 7.89. The standard InChI is InChI=1S/C26H31F2N3O3S/c1-17(2)29-12-13-35(33,34)30-25(19-8-9-19)26(32)31-16-20(22-15-21(27)10-11-23(22)28)14-24(31)18-6-4-3-5-7-18/h3-7,10-11,14-15,17,19,24-25,29-30H,8-9,12-13,16H2,1-2H3/t24-,25-/m0/s1. The number of hydrogen-bond acceptors (Lipinski definition) is 4. The molecule has 1 aliphatic heterocycles. The SMILES string of the molecule is CC(C)NCCS(=O)(=O)N[C@H](C(=O)N1CC(c2cc(F)ccc2F)=C[C@H]1c1ccccc1)C1CC1. The van der Waals surface area contributed by atoms with Crippen molar-refractivity contribution in [2.45, 2.75) is 44.8 Å². The first kappa shape index (κ1) is 25.5. The number of carbonyl (C=O) groups is 1. The summed E-state index contributed by atoms with van der Waals surface area (Å²) >= 11 is 0. The van der Waals surface area contributed by atoms with Crippen molar-refractivity contribution in [2.75, 3.05) is 18.8 Å². The van der Waals surface area contributed by atoms with Crippen LogP contribution in [0, 0.1) is 17.6 Å². The Labute approximate surface area is 205 Å². The number of benzene rings is 2. The molecule has 188 valence electrons. The van der Waals surface area contributed by atoms with Crippen molar-refractivity contribution in [3.8, 4) is 0 Å². The van der Waals surface area contributed by atoms with Crippen LogP contribution in [0.25, 0.3) is 5.57 Å². The van der Waals surface area contributed by atoms with Crippen LogP contribution in [-0.2, 0) is 14.8 Å². The third-order valence-corrected chi connectivity index (χ3v) is 7.68. The van der Waals surface area contributed by atoms with Gasteiger partial charge in [-0.05, 0) is 48.1 Å². The van der Waals surface area contributed by atoms with E-state index in [1.165, 1.54) is 0 Å². The van der Waals surface area contributed by atoms with Gasteiger partial charge >= 0.3 is 0 Å². The first-order valence-electron chi connectivity index (χ1n) is 11.9. The number of nitrogens with one attached hydrogen (secondary N) is 2. The van der Waals surface area contributed by atoms with E-state index >= 15 is 0 Å². The third-order valence-electron chi connectivity index (χ3n) is 6.32. The van der Waals surface area contributed by atoms with Crippen LogP contribution in [0.3, 0.4) is 0 Å². The van der Waals surface area contributed by atoms with E-state index < -0.39 is 33.7 Å². The Balaban J connectivity index is 1.60. The van der Waals surface area contributed by atoms with Gasteiger partial charge in [0.05, 0.1) is 11.8 Å². The van der Waals surface area contributed by atoms with Crippen LogP contribution in [0.1, 0.15) is 43.9 Å². The molecule has 0 unspecified atom stereocenters. The van der Waals surface area contributed by atoms with E-state index in [0.717, 1.165) is 36.6 Å². The van der Waals surface area contributed by atoms with E-state index in [4.69, 9.17) is 0 Å². The average molecular weight is 504 g/mol. The zero-order valence-corrected chi connectivity index (χ0v) is 20.7. The lowest BCUT2D eigenvalue weighted by atomic mass is 10.0. The second-order valence-electron chi connectivity index (χ2n) is 9.50. The second-order valence-corrected chi connectivity index (χ2v) is 11.4. The lowest BCUT2D eigenvalue weighted by Crippen LogP contribution is -2.51. The van der Waals surface area contributed by atoms with Gasteiger partial charge in [0.25, 0.3) is 0 Å². The molecule has 0 spiro atoms. The zero-order valence-electron chi connectivity index (χ0n) is 19.9. The molecule has 35 heavy (non-hydrogen) atoms. The highest BCUT2D eigenvalue weighted by Gasteiger charge is 2.43. The fourth-order valence-electron chi connectivity index (χ4n) is 4.37. The molecule has 1 amide bonds. The number of hydrogen-bond donors (Lipinski definition) is 2. The molecule has 2 aliphatic rings. The van der Waals surface area contributed by atoms with Crippen LogP contribution in [0.2, 0.25) is 0 Å². The summed E-state index contributed by atoms with van der Waals surface area (Å²) in [6, 6.07) is 11.2. The zero-order chi connectivity index (χ0) is 25.2. The first-order valence-corrected chi connectivity index (χ1v) is 13.5. The summed E-state index contributed by atoms with van der Waals surface area (Å²) in [7, 11) is -3.70. The van der Waals surface area contributed by atoms with E-state index in [9.17, 15) is 22.0 Å². The predicted molar refractivity (Wildman–Crippen MR) is 132 cm³/mol.